The van der Waals surface area contributed by atoms with Crippen molar-refractivity contribution in [1.29, 1.82) is 0 Å². The summed E-state index contributed by atoms with van der Waals surface area (Å²) in [5, 5.41) is 6.31. The molecule has 0 radical (unpaired) electrons. The molecule has 0 aliphatic heterocycles. The Morgan fingerprint density at radius 1 is 1.31 bits per heavy atom. The van der Waals surface area contributed by atoms with Crippen molar-refractivity contribution in [3.8, 4) is 0 Å². The molecule has 2 aliphatic rings. The van der Waals surface area contributed by atoms with E-state index in [1.165, 1.54) is 23.5 Å². The Bertz CT molecular complexity index is 727. The van der Waals surface area contributed by atoms with Crippen LogP contribution >= 0.6 is 11.3 Å². The van der Waals surface area contributed by atoms with Crippen LogP contribution in [0.15, 0.2) is 66.1 Å². The smallest absolute Gasteiger partial charge is 0.266 e. The van der Waals surface area contributed by atoms with Crippen molar-refractivity contribution in [3.05, 3.63) is 65.9 Å². The SMILES string of the molecule is C=C=C.C=C=C=C.CC1C2CC(C/C2=N\NC(=O)c2cccs2)C1(C)C. The molecule has 3 rings (SSSR count). The van der Waals surface area contributed by atoms with E-state index in [9.17, 15) is 4.79 Å². The van der Waals surface area contributed by atoms with E-state index in [0.29, 0.717) is 17.3 Å². The zero-order chi connectivity index (χ0) is 19.7. The first-order valence-electron chi connectivity index (χ1n) is 8.57. The van der Waals surface area contributed by atoms with Gasteiger partial charge in [-0.05, 0) is 54.7 Å². The number of fused-ring (bicyclic) bond motifs is 2. The minimum Gasteiger partial charge on any atom is -0.266 e. The fourth-order valence-electron chi connectivity index (χ4n) is 3.59. The van der Waals surface area contributed by atoms with Crippen molar-refractivity contribution >= 4 is 23.0 Å². The Balaban J connectivity index is 0.000000419. The highest BCUT2D eigenvalue weighted by molar-refractivity contribution is 7.12. The predicted molar refractivity (Wildman–Crippen MR) is 111 cm³/mol. The van der Waals surface area contributed by atoms with Crippen LogP contribution in [0, 0.1) is 23.2 Å². The average Bonchev–Trinajstić information content (AvgIpc) is 3.33. The molecule has 2 bridgehead atoms. The molecule has 3 unspecified atom stereocenters. The lowest BCUT2D eigenvalue weighted by Gasteiger charge is -2.36. The number of rotatable bonds is 2. The van der Waals surface area contributed by atoms with Crippen LogP contribution in [-0.4, -0.2) is 11.6 Å². The molecule has 1 amide bonds. The molecule has 0 spiro atoms. The van der Waals surface area contributed by atoms with Crippen LogP contribution < -0.4 is 5.43 Å². The third-order valence-corrected chi connectivity index (χ3v) is 6.29. The van der Waals surface area contributed by atoms with E-state index in [1.807, 2.05) is 17.5 Å². The van der Waals surface area contributed by atoms with E-state index in [4.69, 9.17) is 0 Å². The van der Waals surface area contributed by atoms with Crippen molar-refractivity contribution in [2.24, 2.45) is 28.3 Å². The Morgan fingerprint density at radius 2 is 1.92 bits per heavy atom. The quantitative estimate of drug-likeness (QED) is 0.535. The molecule has 0 aromatic carbocycles. The van der Waals surface area contributed by atoms with Gasteiger partial charge in [-0.15, -0.1) is 17.1 Å². The Labute approximate surface area is 161 Å². The second-order valence-electron chi connectivity index (χ2n) is 6.98. The lowest BCUT2D eigenvalue weighted by molar-refractivity contribution is 0.0958. The highest BCUT2D eigenvalue weighted by atomic mass is 32.1. The van der Waals surface area contributed by atoms with Crippen molar-refractivity contribution in [2.45, 2.75) is 33.6 Å². The number of amides is 1. The summed E-state index contributed by atoms with van der Waals surface area (Å²) >= 11 is 1.45. The van der Waals surface area contributed by atoms with Gasteiger partial charge in [0, 0.05) is 11.6 Å². The van der Waals surface area contributed by atoms with Gasteiger partial charge in [0.15, 0.2) is 0 Å². The van der Waals surface area contributed by atoms with Crippen LogP contribution in [0.4, 0.5) is 0 Å². The number of hydrazone groups is 1. The number of nitrogens with one attached hydrogen (secondary N) is 1. The fourth-order valence-corrected chi connectivity index (χ4v) is 4.21. The van der Waals surface area contributed by atoms with Crippen LogP contribution in [0.25, 0.3) is 0 Å². The van der Waals surface area contributed by atoms with Gasteiger partial charge in [0.25, 0.3) is 5.91 Å². The maximum absolute atomic E-state index is 11.9. The van der Waals surface area contributed by atoms with E-state index in [2.05, 4.69) is 74.8 Å². The molecule has 2 aliphatic carbocycles. The molecule has 1 aromatic heterocycles. The van der Waals surface area contributed by atoms with E-state index >= 15 is 0 Å². The van der Waals surface area contributed by atoms with Gasteiger partial charge in [0.2, 0.25) is 0 Å². The van der Waals surface area contributed by atoms with E-state index in [-0.39, 0.29) is 5.91 Å². The average molecular weight is 369 g/mol. The zero-order valence-electron chi connectivity index (χ0n) is 16.0. The molecule has 2 saturated carbocycles. The van der Waals surface area contributed by atoms with E-state index in [1.54, 1.807) is 0 Å². The summed E-state index contributed by atoms with van der Waals surface area (Å²) in [5.74, 6) is 1.86. The summed E-state index contributed by atoms with van der Waals surface area (Å²) in [5.41, 5.74) is 11.2. The fraction of sp³-hybridized carbons (Fsp3) is 0.409. The third kappa shape index (κ3) is 5.08. The summed E-state index contributed by atoms with van der Waals surface area (Å²) in [4.78, 5) is 12.6. The summed E-state index contributed by atoms with van der Waals surface area (Å²) < 4.78 is 0. The second kappa shape index (κ2) is 9.97. The Morgan fingerprint density at radius 3 is 2.35 bits per heavy atom. The molecule has 1 aromatic rings. The van der Waals surface area contributed by atoms with Crippen molar-refractivity contribution < 1.29 is 4.79 Å². The Kier molecular flexibility index (Phi) is 8.32. The summed E-state index contributed by atoms with van der Waals surface area (Å²) in [6.45, 7) is 19.7. The maximum atomic E-state index is 11.9. The first kappa shape index (κ1) is 21.7. The summed E-state index contributed by atoms with van der Waals surface area (Å²) in [6, 6.07) is 3.71. The molecule has 2 fully saturated rings. The van der Waals surface area contributed by atoms with Crippen LogP contribution in [0.2, 0.25) is 0 Å². The van der Waals surface area contributed by atoms with Crippen molar-refractivity contribution in [2.75, 3.05) is 0 Å². The topological polar surface area (TPSA) is 41.5 Å². The first-order chi connectivity index (χ1) is 12.3. The molecule has 138 valence electrons. The third-order valence-electron chi connectivity index (χ3n) is 5.42. The van der Waals surface area contributed by atoms with Gasteiger partial charge in [0.1, 0.15) is 0 Å². The van der Waals surface area contributed by atoms with Gasteiger partial charge >= 0.3 is 0 Å². The second-order valence-corrected chi connectivity index (χ2v) is 7.93. The summed E-state index contributed by atoms with van der Waals surface area (Å²) in [7, 11) is 0. The summed E-state index contributed by atoms with van der Waals surface area (Å²) in [6.07, 6.45) is 2.29. The molecule has 3 atom stereocenters. The van der Waals surface area contributed by atoms with Crippen LogP contribution in [0.3, 0.4) is 0 Å². The number of hydrogen-bond acceptors (Lipinski definition) is 3. The molecule has 0 saturated heterocycles. The van der Waals surface area contributed by atoms with E-state index < -0.39 is 0 Å². The van der Waals surface area contributed by atoms with Gasteiger partial charge in [-0.25, -0.2) is 5.43 Å². The molecule has 1 heterocycles. The normalized spacial score (nSPS) is 25.5. The minimum absolute atomic E-state index is 0.0859. The minimum atomic E-state index is -0.0859. The number of nitrogens with zero attached hydrogens (tertiary/aromatic N) is 1. The predicted octanol–water partition coefficient (Wildman–Crippen LogP) is 5.61. The number of carbonyl (C=O) groups excluding carboxylic acids is 1. The highest BCUT2D eigenvalue weighted by Crippen LogP contribution is 2.57. The zero-order valence-corrected chi connectivity index (χ0v) is 16.8. The van der Waals surface area contributed by atoms with Gasteiger partial charge in [-0.1, -0.05) is 51.5 Å². The Hall–Kier alpha value is -2.34. The highest BCUT2D eigenvalue weighted by Gasteiger charge is 2.53. The van der Waals surface area contributed by atoms with Crippen molar-refractivity contribution in [1.82, 2.24) is 5.43 Å². The van der Waals surface area contributed by atoms with Crippen LogP contribution in [-0.2, 0) is 0 Å². The van der Waals surface area contributed by atoms with Gasteiger partial charge in [-0.3, -0.25) is 4.79 Å². The lowest BCUT2D eigenvalue weighted by Crippen LogP contribution is -2.34. The first-order valence-corrected chi connectivity index (χ1v) is 9.45. The van der Waals surface area contributed by atoms with E-state index in [0.717, 1.165) is 17.2 Å². The van der Waals surface area contributed by atoms with Gasteiger partial charge < -0.3 is 0 Å². The monoisotopic (exact) mass is 368 g/mol. The maximum Gasteiger partial charge on any atom is 0.281 e. The molecule has 26 heavy (non-hydrogen) atoms. The largest absolute Gasteiger partial charge is 0.281 e. The van der Waals surface area contributed by atoms with Gasteiger partial charge in [-0.2, -0.15) is 5.10 Å². The lowest BCUT2D eigenvalue weighted by atomic mass is 9.69. The standard InChI is InChI=1S/C15H20N2OS.C4H4.C3H4/c1-9-11-7-10(15(9,2)3)8-12(11)16-17-14(18)13-5-4-6-19-13;1-3-4-2;1-3-2/h4-6,9-11H,7-8H2,1-3H3,(H,17,18);1-2H2;1-2H2/b16-12+;;. The number of thiophene rings is 1. The number of hydrogen-bond donors (Lipinski definition) is 1. The van der Waals surface area contributed by atoms with Crippen LogP contribution in [0.5, 0.6) is 0 Å². The molecular formula is C22H28N2OS. The molecular weight excluding hydrogens is 340 g/mol. The molecule has 3 nitrogen and oxygen atoms in total. The molecule has 4 heteroatoms. The molecule has 1 N–H and O–H groups in total. The van der Waals surface area contributed by atoms with Crippen LogP contribution in [0.1, 0.15) is 43.3 Å². The van der Waals surface area contributed by atoms with Crippen molar-refractivity contribution in [3.63, 3.8) is 0 Å². The van der Waals surface area contributed by atoms with Gasteiger partial charge in [0.05, 0.1) is 4.88 Å². The number of carbonyl (C=O) groups is 1.